The van der Waals surface area contributed by atoms with Crippen LogP contribution in [-0.4, -0.2) is 27.3 Å². The molecule has 14 heteroatoms. The molecule has 0 bridgehead atoms. The molecule has 2 heterocycles. The molecular weight excluding hydrogens is 538 g/mol. The Bertz CT molecular complexity index is 1320. The van der Waals surface area contributed by atoms with Crippen LogP contribution in [0.4, 0.5) is 31.1 Å². The lowest BCUT2D eigenvalue weighted by atomic mass is 9.98. The monoisotopic (exact) mass is 558 g/mol. The molecule has 1 aliphatic rings. The van der Waals surface area contributed by atoms with E-state index in [1.807, 2.05) is 6.07 Å². The fraction of sp³-hybridized carbons (Fsp3) is 0.417. The zero-order valence-electron chi connectivity index (χ0n) is 19.8. The predicted molar refractivity (Wildman–Crippen MR) is 123 cm³/mol. The summed E-state index contributed by atoms with van der Waals surface area (Å²) >= 11 is 0.954. The molecule has 4 rings (SSSR count). The topological polar surface area (TPSA) is 90.0 Å². The SMILES string of the molecule is CC(OC(=O)OC1CCCCC1)n1nc(C#N)c(-c2sccc2-c2cc(C(F)(F)F)cc(C(F)(F)F)c2)n1. The van der Waals surface area contributed by atoms with Crippen LogP contribution in [0, 0.1) is 11.3 Å². The number of nitrogens with zero attached hydrogens (tertiary/aromatic N) is 4. The van der Waals surface area contributed by atoms with Crippen molar-refractivity contribution in [1.82, 2.24) is 15.0 Å². The second-order valence-electron chi connectivity index (χ2n) is 8.63. The number of benzene rings is 1. The third-order valence-corrected chi connectivity index (χ3v) is 6.84. The van der Waals surface area contributed by atoms with Gasteiger partial charge in [-0.05, 0) is 67.8 Å². The largest absolute Gasteiger partial charge is 0.510 e. The molecule has 2 aromatic heterocycles. The number of hydrogen-bond acceptors (Lipinski definition) is 7. The molecule has 1 unspecified atom stereocenters. The molecule has 202 valence electrons. The van der Waals surface area contributed by atoms with E-state index in [0.29, 0.717) is 12.1 Å². The molecule has 0 amide bonds. The summed E-state index contributed by atoms with van der Waals surface area (Å²) in [4.78, 5) is 13.2. The fourth-order valence-corrected chi connectivity index (χ4v) is 4.98. The van der Waals surface area contributed by atoms with Crippen LogP contribution in [0.25, 0.3) is 21.7 Å². The molecule has 0 saturated heterocycles. The van der Waals surface area contributed by atoms with Crippen LogP contribution in [0.15, 0.2) is 29.6 Å². The van der Waals surface area contributed by atoms with Crippen LogP contribution in [0.2, 0.25) is 0 Å². The van der Waals surface area contributed by atoms with E-state index >= 15 is 0 Å². The highest BCUT2D eigenvalue weighted by atomic mass is 32.1. The van der Waals surface area contributed by atoms with Gasteiger partial charge in [-0.1, -0.05) is 6.42 Å². The van der Waals surface area contributed by atoms with Crippen molar-refractivity contribution in [2.75, 3.05) is 0 Å². The number of carbonyl (C=O) groups is 1. The van der Waals surface area contributed by atoms with Gasteiger partial charge in [0.2, 0.25) is 6.23 Å². The second-order valence-corrected chi connectivity index (χ2v) is 9.55. The first-order chi connectivity index (χ1) is 17.9. The second kappa shape index (κ2) is 10.6. The Morgan fingerprint density at radius 3 is 2.29 bits per heavy atom. The molecule has 1 aliphatic carbocycles. The molecule has 0 N–H and O–H groups in total. The van der Waals surface area contributed by atoms with E-state index in [1.165, 1.54) is 18.4 Å². The number of alkyl halides is 6. The molecule has 1 atom stereocenters. The maximum absolute atomic E-state index is 13.4. The van der Waals surface area contributed by atoms with Gasteiger partial charge in [0.25, 0.3) is 0 Å². The summed E-state index contributed by atoms with van der Waals surface area (Å²) in [6, 6.07) is 4.38. The lowest BCUT2D eigenvalue weighted by Gasteiger charge is -2.22. The van der Waals surface area contributed by atoms with Gasteiger partial charge in [0.1, 0.15) is 17.9 Å². The number of halogens is 6. The van der Waals surface area contributed by atoms with Crippen molar-refractivity contribution < 1.29 is 40.6 Å². The van der Waals surface area contributed by atoms with Crippen LogP contribution in [0.1, 0.15) is 62.1 Å². The van der Waals surface area contributed by atoms with Crippen molar-refractivity contribution in [2.45, 2.75) is 63.7 Å². The first-order valence-corrected chi connectivity index (χ1v) is 12.4. The maximum atomic E-state index is 13.4. The predicted octanol–water partition coefficient (Wildman–Crippen LogP) is 7.59. The Balaban J connectivity index is 1.65. The van der Waals surface area contributed by atoms with Gasteiger partial charge in [0.15, 0.2) is 5.69 Å². The summed E-state index contributed by atoms with van der Waals surface area (Å²) in [7, 11) is 0. The molecule has 38 heavy (non-hydrogen) atoms. The smallest absolute Gasteiger partial charge is 0.431 e. The van der Waals surface area contributed by atoms with Crippen LogP contribution < -0.4 is 0 Å². The molecule has 0 radical (unpaired) electrons. The summed E-state index contributed by atoms with van der Waals surface area (Å²) in [6.45, 7) is 1.42. The molecule has 1 aromatic carbocycles. The maximum Gasteiger partial charge on any atom is 0.510 e. The molecule has 7 nitrogen and oxygen atoms in total. The van der Waals surface area contributed by atoms with E-state index in [-0.39, 0.29) is 39.6 Å². The zero-order valence-corrected chi connectivity index (χ0v) is 20.6. The Morgan fingerprint density at radius 1 is 1.08 bits per heavy atom. The molecule has 1 saturated carbocycles. The number of aromatic nitrogens is 3. The fourth-order valence-electron chi connectivity index (χ4n) is 4.08. The Labute approximate surface area is 216 Å². The Hall–Kier alpha value is -3.60. The third-order valence-electron chi connectivity index (χ3n) is 5.92. The minimum Gasteiger partial charge on any atom is -0.431 e. The highest BCUT2D eigenvalue weighted by molar-refractivity contribution is 7.14. The number of rotatable bonds is 5. The van der Waals surface area contributed by atoms with Crippen molar-refractivity contribution in [3.8, 4) is 27.8 Å². The summed E-state index contributed by atoms with van der Waals surface area (Å²) in [6.07, 6.45) is -7.99. The zero-order chi connectivity index (χ0) is 27.7. The van der Waals surface area contributed by atoms with Gasteiger partial charge < -0.3 is 9.47 Å². The van der Waals surface area contributed by atoms with E-state index in [4.69, 9.17) is 9.47 Å². The van der Waals surface area contributed by atoms with Crippen molar-refractivity contribution in [3.63, 3.8) is 0 Å². The minimum absolute atomic E-state index is 0.000398. The van der Waals surface area contributed by atoms with Crippen LogP contribution >= 0.6 is 11.3 Å². The van der Waals surface area contributed by atoms with Crippen molar-refractivity contribution in [2.24, 2.45) is 0 Å². The molecule has 0 aliphatic heterocycles. The summed E-state index contributed by atoms with van der Waals surface area (Å²) in [5.74, 6) is 0. The lowest BCUT2D eigenvalue weighted by Crippen LogP contribution is -2.24. The van der Waals surface area contributed by atoms with Gasteiger partial charge in [0.05, 0.1) is 16.0 Å². The average molecular weight is 559 g/mol. The number of ether oxygens (including phenoxy) is 2. The minimum atomic E-state index is -5.02. The first kappa shape index (κ1) is 27.4. The van der Waals surface area contributed by atoms with Gasteiger partial charge in [-0.15, -0.1) is 26.3 Å². The van der Waals surface area contributed by atoms with Crippen LogP contribution in [-0.2, 0) is 21.8 Å². The first-order valence-electron chi connectivity index (χ1n) is 11.5. The third kappa shape index (κ3) is 6.09. The number of hydrogen-bond donors (Lipinski definition) is 0. The lowest BCUT2D eigenvalue weighted by molar-refractivity contribution is -0.143. The van der Waals surface area contributed by atoms with Gasteiger partial charge in [0, 0.05) is 5.56 Å². The Kier molecular flexibility index (Phi) is 7.68. The van der Waals surface area contributed by atoms with E-state index in [9.17, 15) is 36.4 Å². The summed E-state index contributed by atoms with van der Waals surface area (Å²) in [5, 5.41) is 19.2. The number of carbonyl (C=O) groups excluding carboxylic acids is 1. The molecule has 3 aromatic rings. The molecular formula is C24H20F6N4O3S. The standard InChI is InChI=1S/C24H20F6N4O3S/c1-13(36-22(35)37-17-5-3-2-4-6-17)34-32-19(12-31)20(33-34)21-18(7-8-38-21)14-9-15(23(25,26)27)11-16(10-14)24(28,29)30/h7-11,13,17H,2-6H2,1H3. The van der Waals surface area contributed by atoms with Crippen molar-refractivity contribution in [3.05, 3.63) is 46.5 Å². The van der Waals surface area contributed by atoms with Gasteiger partial charge >= 0.3 is 18.5 Å². The highest BCUT2D eigenvalue weighted by Crippen LogP contribution is 2.42. The van der Waals surface area contributed by atoms with Crippen LogP contribution in [0.5, 0.6) is 0 Å². The molecule has 1 fully saturated rings. The van der Waals surface area contributed by atoms with Crippen molar-refractivity contribution in [1.29, 1.82) is 5.26 Å². The quantitative estimate of drug-likeness (QED) is 0.237. The summed E-state index contributed by atoms with van der Waals surface area (Å²) < 4.78 is 90.8. The Morgan fingerprint density at radius 2 is 1.71 bits per heavy atom. The van der Waals surface area contributed by atoms with E-state index in [2.05, 4.69) is 10.2 Å². The van der Waals surface area contributed by atoms with Gasteiger partial charge in [-0.3, -0.25) is 0 Å². The number of thiophene rings is 1. The highest BCUT2D eigenvalue weighted by Gasteiger charge is 2.37. The van der Waals surface area contributed by atoms with Gasteiger partial charge in [-0.25, -0.2) is 4.79 Å². The van der Waals surface area contributed by atoms with E-state index in [0.717, 1.165) is 48.2 Å². The summed E-state index contributed by atoms with van der Waals surface area (Å²) in [5.41, 5.74) is -3.64. The average Bonchev–Trinajstić information content (AvgIpc) is 3.50. The van der Waals surface area contributed by atoms with E-state index < -0.39 is 35.9 Å². The normalized spacial score (nSPS) is 15.6. The van der Waals surface area contributed by atoms with Crippen molar-refractivity contribution >= 4 is 17.5 Å². The molecule has 0 spiro atoms. The van der Waals surface area contributed by atoms with Gasteiger partial charge in [-0.2, -0.15) is 31.6 Å². The van der Waals surface area contributed by atoms with E-state index in [1.54, 1.807) is 0 Å². The number of nitriles is 1. The van der Waals surface area contributed by atoms with Crippen LogP contribution in [0.3, 0.4) is 0 Å².